The summed E-state index contributed by atoms with van der Waals surface area (Å²) in [5.41, 5.74) is 9.21. The molecule has 6 rings (SSSR count). The number of aromatic nitrogens is 1. The average Bonchev–Trinajstić information content (AvgIpc) is 3.33. The normalized spacial score (nSPS) is 16.6. The van der Waals surface area contributed by atoms with Crippen LogP contribution in [-0.2, 0) is 4.79 Å². The number of fused-ring (bicyclic) bond motifs is 1. The number of hydrogen-bond donors (Lipinski definition) is 0. The van der Waals surface area contributed by atoms with Crippen LogP contribution in [0.3, 0.4) is 0 Å². The molecule has 1 heterocycles. The lowest BCUT2D eigenvalue weighted by atomic mass is 9.78. The summed E-state index contributed by atoms with van der Waals surface area (Å²) in [4.78, 5) is 17.2. The smallest absolute Gasteiger partial charge is 0.170 e. The average molecular weight is 544 g/mol. The molecule has 4 aromatic rings. The minimum atomic E-state index is -0.0470. The van der Waals surface area contributed by atoms with Gasteiger partial charge >= 0.3 is 0 Å². The Bertz CT molecular complexity index is 1390. The Labute approximate surface area is 247 Å². The lowest BCUT2D eigenvalue weighted by Gasteiger charge is -2.24. The van der Waals surface area contributed by atoms with E-state index in [0.29, 0.717) is 0 Å². The van der Waals surface area contributed by atoms with Crippen LogP contribution in [0, 0.1) is 6.92 Å². The number of aryl methyl sites for hydroxylation is 1. The zero-order valence-electron chi connectivity index (χ0n) is 25.3. The third-order valence-electron chi connectivity index (χ3n) is 8.26. The van der Waals surface area contributed by atoms with Crippen LogP contribution in [0.2, 0.25) is 0 Å². The molecule has 2 nitrogen and oxygen atoms in total. The second-order valence-corrected chi connectivity index (χ2v) is 10.9. The number of nitrogens with zero attached hydrogens (tertiary/aromatic N) is 1. The summed E-state index contributed by atoms with van der Waals surface area (Å²) < 4.78 is 0. The van der Waals surface area contributed by atoms with Gasteiger partial charge in [0.1, 0.15) is 0 Å². The van der Waals surface area contributed by atoms with E-state index in [1.165, 1.54) is 44.1 Å². The quantitative estimate of drug-likeness (QED) is 0.240. The van der Waals surface area contributed by atoms with E-state index in [4.69, 9.17) is 0 Å². The highest BCUT2D eigenvalue weighted by molar-refractivity contribution is 6.29. The van der Waals surface area contributed by atoms with Gasteiger partial charge in [0, 0.05) is 23.9 Å². The predicted octanol–water partition coefficient (Wildman–Crippen LogP) is 10.8. The Morgan fingerprint density at radius 2 is 1.39 bits per heavy atom. The molecule has 2 aliphatic rings. The lowest BCUT2D eigenvalue weighted by molar-refractivity contribution is -0.115. The van der Waals surface area contributed by atoms with Crippen molar-refractivity contribution in [3.63, 3.8) is 0 Å². The number of ketones is 1. The molecular formula is C39H45NO. The third-order valence-corrected chi connectivity index (χ3v) is 8.26. The van der Waals surface area contributed by atoms with Gasteiger partial charge in [0.15, 0.2) is 5.78 Å². The van der Waals surface area contributed by atoms with E-state index >= 15 is 0 Å². The Morgan fingerprint density at radius 3 is 2.02 bits per heavy atom. The van der Waals surface area contributed by atoms with Crippen molar-refractivity contribution < 1.29 is 4.79 Å². The first-order valence-corrected chi connectivity index (χ1v) is 15.6. The standard InChI is InChI=1S/C23H19NO.C14H20.C2H6/c1-2-20-21-8-4-3-6-18(21)14-22(23(20)25)17-11-9-16(10-12-17)19-7-5-13-24-15-19;1-12-8-10-14(11-9-12)13-6-4-2-3-5-7-13;1-2/h3-15,20H,2H2,1H3;8-11,13H,2-7H2,1H3;1-2H3. The summed E-state index contributed by atoms with van der Waals surface area (Å²) in [6.07, 6.45) is 15.0. The fourth-order valence-corrected chi connectivity index (χ4v) is 5.97. The number of hydrogen-bond acceptors (Lipinski definition) is 2. The highest BCUT2D eigenvalue weighted by atomic mass is 16.1. The third kappa shape index (κ3) is 7.70. The molecule has 212 valence electrons. The van der Waals surface area contributed by atoms with E-state index in [1.54, 1.807) is 11.8 Å². The zero-order valence-corrected chi connectivity index (χ0v) is 25.3. The van der Waals surface area contributed by atoms with Crippen molar-refractivity contribution in [2.75, 3.05) is 0 Å². The predicted molar refractivity (Wildman–Crippen MR) is 175 cm³/mol. The molecule has 2 aliphatic carbocycles. The molecule has 1 unspecified atom stereocenters. The topological polar surface area (TPSA) is 30.0 Å². The fourth-order valence-electron chi connectivity index (χ4n) is 5.97. The van der Waals surface area contributed by atoms with Crippen molar-refractivity contribution in [2.45, 2.75) is 84.5 Å². The highest BCUT2D eigenvalue weighted by Gasteiger charge is 2.28. The molecule has 41 heavy (non-hydrogen) atoms. The number of carbonyl (C=O) groups excluding carboxylic acids is 1. The second-order valence-electron chi connectivity index (χ2n) is 10.9. The first-order chi connectivity index (χ1) is 20.1. The van der Waals surface area contributed by atoms with E-state index in [-0.39, 0.29) is 11.7 Å². The Hall–Kier alpha value is -3.78. The summed E-state index contributed by atoms with van der Waals surface area (Å²) >= 11 is 0. The van der Waals surface area contributed by atoms with Crippen molar-refractivity contribution in [1.82, 2.24) is 4.98 Å². The van der Waals surface area contributed by atoms with Crippen LogP contribution in [0.25, 0.3) is 22.8 Å². The molecule has 0 radical (unpaired) electrons. The number of allylic oxidation sites excluding steroid dienone is 1. The van der Waals surface area contributed by atoms with Crippen molar-refractivity contribution in [1.29, 1.82) is 0 Å². The van der Waals surface area contributed by atoms with E-state index in [0.717, 1.165) is 45.7 Å². The summed E-state index contributed by atoms with van der Waals surface area (Å²) in [5, 5.41) is 0. The van der Waals surface area contributed by atoms with Gasteiger partial charge in [-0.2, -0.15) is 0 Å². The first kappa shape index (κ1) is 30.2. The number of carbonyl (C=O) groups is 1. The van der Waals surface area contributed by atoms with Crippen LogP contribution in [0.15, 0.2) is 97.3 Å². The molecule has 3 aromatic carbocycles. The second kappa shape index (κ2) is 15.3. The molecule has 1 atom stereocenters. The molecule has 1 saturated carbocycles. The Kier molecular flexibility index (Phi) is 11.3. The van der Waals surface area contributed by atoms with E-state index in [9.17, 15) is 4.79 Å². The maximum atomic E-state index is 13.0. The van der Waals surface area contributed by atoms with Gasteiger partial charge in [0.05, 0.1) is 0 Å². The maximum absolute atomic E-state index is 13.0. The van der Waals surface area contributed by atoms with Gasteiger partial charge in [-0.05, 0) is 77.6 Å². The molecule has 1 aromatic heterocycles. The van der Waals surface area contributed by atoms with Gasteiger partial charge in [-0.3, -0.25) is 9.78 Å². The SMILES string of the molecule is CC.CCC1C(=O)C(c2ccc(-c3cccnc3)cc2)=Cc2ccccc21.Cc1ccc(C2CCCCCC2)cc1. The lowest BCUT2D eigenvalue weighted by Crippen LogP contribution is -2.18. The first-order valence-electron chi connectivity index (χ1n) is 15.6. The van der Waals surface area contributed by atoms with E-state index < -0.39 is 0 Å². The minimum absolute atomic E-state index is 0.0470. The zero-order chi connectivity index (χ0) is 29.0. The Morgan fingerprint density at radius 1 is 0.732 bits per heavy atom. The number of Topliss-reactive ketones (excluding diaryl/α,β-unsaturated/α-hetero) is 1. The molecule has 0 saturated heterocycles. The van der Waals surface area contributed by atoms with Crippen molar-refractivity contribution >= 4 is 17.4 Å². The molecule has 0 bridgehead atoms. The van der Waals surface area contributed by atoms with E-state index in [1.807, 2.05) is 62.5 Å². The Balaban J connectivity index is 0.000000205. The van der Waals surface area contributed by atoms with Crippen molar-refractivity contribution in [3.05, 3.63) is 125 Å². The molecule has 0 amide bonds. The fraction of sp³-hybridized carbons (Fsp3) is 0.333. The molecule has 0 aliphatic heterocycles. The van der Waals surface area contributed by atoms with Crippen LogP contribution in [0.1, 0.15) is 105 Å². The minimum Gasteiger partial charge on any atom is -0.293 e. The number of benzene rings is 3. The van der Waals surface area contributed by atoms with Crippen LogP contribution in [0.5, 0.6) is 0 Å². The maximum Gasteiger partial charge on any atom is 0.170 e. The van der Waals surface area contributed by atoms with Crippen LogP contribution < -0.4 is 0 Å². The number of rotatable bonds is 4. The summed E-state index contributed by atoms with van der Waals surface area (Å²) in [7, 11) is 0. The molecule has 0 spiro atoms. The molecule has 2 heteroatoms. The van der Waals surface area contributed by atoms with Crippen LogP contribution in [-0.4, -0.2) is 10.8 Å². The molecule has 0 N–H and O–H groups in total. The monoisotopic (exact) mass is 543 g/mol. The van der Waals surface area contributed by atoms with Gasteiger partial charge in [0.2, 0.25) is 0 Å². The van der Waals surface area contributed by atoms with Crippen molar-refractivity contribution in [3.8, 4) is 11.1 Å². The van der Waals surface area contributed by atoms with Crippen LogP contribution >= 0.6 is 0 Å². The molecule has 1 fully saturated rings. The van der Waals surface area contributed by atoms with Gasteiger partial charge in [-0.15, -0.1) is 0 Å². The summed E-state index contributed by atoms with van der Waals surface area (Å²) in [6, 6.07) is 29.5. The highest BCUT2D eigenvalue weighted by Crippen LogP contribution is 2.37. The van der Waals surface area contributed by atoms with Gasteiger partial charge in [-0.1, -0.05) is 131 Å². The van der Waals surface area contributed by atoms with Gasteiger partial charge in [-0.25, -0.2) is 0 Å². The summed E-state index contributed by atoms with van der Waals surface area (Å²) in [6.45, 7) is 8.24. The van der Waals surface area contributed by atoms with Gasteiger partial charge in [0.25, 0.3) is 0 Å². The summed E-state index contributed by atoms with van der Waals surface area (Å²) in [5.74, 6) is 1.02. The van der Waals surface area contributed by atoms with Gasteiger partial charge < -0.3 is 0 Å². The molecular weight excluding hydrogens is 498 g/mol. The van der Waals surface area contributed by atoms with E-state index in [2.05, 4.69) is 67.4 Å². The number of pyridine rings is 1. The van der Waals surface area contributed by atoms with Crippen LogP contribution in [0.4, 0.5) is 0 Å². The largest absolute Gasteiger partial charge is 0.293 e. The van der Waals surface area contributed by atoms with Crippen molar-refractivity contribution in [2.24, 2.45) is 0 Å².